The molecule has 19 heavy (non-hydrogen) atoms. The predicted molar refractivity (Wildman–Crippen MR) is 77.2 cm³/mol. The molecule has 0 fully saturated rings. The van der Waals surface area contributed by atoms with E-state index in [1.807, 2.05) is 19.9 Å². The highest BCUT2D eigenvalue weighted by molar-refractivity contribution is 6.31. The third kappa shape index (κ3) is 4.90. The Balaban J connectivity index is 2.89. The Bertz CT molecular complexity index is 399. The van der Waals surface area contributed by atoms with E-state index in [4.69, 9.17) is 26.8 Å². The van der Waals surface area contributed by atoms with Crippen LogP contribution in [0.1, 0.15) is 25.8 Å². The minimum absolute atomic E-state index is 0.257. The highest BCUT2D eigenvalue weighted by atomic mass is 35.5. The van der Waals surface area contributed by atoms with Crippen molar-refractivity contribution < 1.29 is 14.6 Å². The van der Waals surface area contributed by atoms with Crippen LogP contribution < -0.4 is 15.2 Å². The molecule has 3 N–H and O–H groups in total. The van der Waals surface area contributed by atoms with Crippen LogP contribution in [-0.2, 0) is 6.42 Å². The Morgan fingerprint density at radius 1 is 1.21 bits per heavy atom. The third-order valence-corrected chi connectivity index (χ3v) is 3.08. The maximum absolute atomic E-state index is 9.50. The monoisotopic (exact) mass is 287 g/mol. The molecular formula is C14H22ClNO3. The SMILES string of the molecule is CCOc1cc(Cl)c(CCC(O)CN)cc1OCC. The lowest BCUT2D eigenvalue weighted by molar-refractivity contribution is 0.173. The maximum atomic E-state index is 9.50. The summed E-state index contributed by atoms with van der Waals surface area (Å²) in [6.45, 7) is 5.21. The van der Waals surface area contributed by atoms with E-state index in [0.29, 0.717) is 42.6 Å². The van der Waals surface area contributed by atoms with Crippen LogP contribution in [0.25, 0.3) is 0 Å². The standard InChI is InChI=1S/C14H22ClNO3/c1-3-18-13-7-10(5-6-11(17)9-16)12(15)8-14(13)19-4-2/h7-8,11,17H,3-6,9,16H2,1-2H3. The molecule has 0 bridgehead atoms. The maximum Gasteiger partial charge on any atom is 0.162 e. The largest absolute Gasteiger partial charge is 0.490 e. The van der Waals surface area contributed by atoms with E-state index in [-0.39, 0.29) is 6.54 Å². The quantitative estimate of drug-likeness (QED) is 0.770. The van der Waals surface area contributed by atoms with Gasteiger partial charge in [0.2, 0.25) is 0 Å². The number of hydrogen-bond donors (Lipinski definition) is 2. The molecule has 0 spiro atoms. The van der Waals surface area contributed by atoms with E-state index < -0.39 is 6.10 Å². The van der Waals surface area contributed by atoms with Crippen LogP contribution in [0.15, 0.2) is 12.1 Å². The van der Waals surface area contributed by atoms with Gasteiger partial charge in [0.1, 0.15) is 0 Å². The summed E-state index contributed by atoms with van der Waals surface area (Å²) in [5, 5.41) is 10.1. The van der Waals surface area contributed by atoms with Crippen LogP contribution >= 0.6 is 11.6 Å². The molecule has 4 nitrogen and oxygen atoms in total. The average Bonchev–Trinajstić information content (AvgIpc) is 2.40. The van der Waals surface area contributed by atoms with Gasteiger partial charge in [-0.05, 0) is 38.3 Å². The Kier molecular flexibility index (Phi) is 6.99. The molecule has 1 aromatic carbocycles. The van der Waals surface area contributed by atoms with E-state index in [9.17, 15) is 5.11 Å². The first-order valence-electron chi connectivity index (χ1n) is 6.58. The van der Waals surface area contributed by atoms with Crippen molar-refractivity contribution in [2.45, 2.75) is 32.8 Å². The topological polar surface area (TPSA) is 64.7 Å². The zero-order valence-corrected chi connectivity index (χ0v) is 12.2. The summed E-state index contributed by atoms with van der Waals surface area (Å²) in [5.41, 5.74) is 6.32. The van der Waals surface area contributed by atoms with Crippen molar-refractivity contribution in [3.63, 3.8) is 0 Å². The van der Waals surface area contributed by atoms with Gasteiger partial charge in [-0.3, -0.25) is 0 Å². The second-order valence-electron chi connectivity index (χ2n) is 4.18. The van der Waals surface area contributed by atoms with Gasteiger partial charge >= 0.3 is 0 Å². The van der Waals surface area contributed by atoms with Gasteiger partial charge in [0, 0.05) is 17.6 Å². The third-order valence-electron chi connectivity index (χ3n) is 2.73. The number of hydrogen-bond acceptors (Lipinski definition) is 4. The Morgan fingerprint density at radius 3 is 2.32 bits per heavy atom. The highest BCUT2D eigenvalue weighted by Crippen LogP contribution is 2.34. The molecule has 1 atom stereocenters. The smallest absolute Gasteiger partial charge is 0.162 e. The average molecular weight is 288 g/mol. The van der Waals surface area contributed by atoms with Crippen molar-refractivity contribution in [1.82, 2.24) is 0 Å². The molecule has 5 heteroatoms. The molecule has 0 aliphatic rings. The molecule has 0 heterocycles. The predicted octanol–water partition coefficient (Wildman–Crippen LogP) is 2.39. The molecule has 0 saturated heterocycles. The lowest BCUT2D eigenvalue weighted by Gasteiger charge is -2.15. The van der Waals surface area contributed by atoms with Crippen LogP contribution in [0.2, 0.25) is 5.02 Å². The summed E-state index contributed by atoms with van der Waals surface area (Å²) in [7, 11) is 0. The summed E-state index contributed by atoms with van der Waals surface area (Å²) < 4.78 is 11.0. The van der Waals surface area contributed by atoms with Gasteiger partial charge in [-0.15, -0.1) is 0 Å². The van der Waals surface area contributed by atoms with E-state index in [1.54, 1.807) is 6.07 Å². The molecule has 108 valence electrons. The molecule has 0 amide bonds. The number of aryl methyl sites for hydroxylation is 1. The number of ether oxygens (including phenoxy) is 2. The van der Waals surface area contributed by atoms with E-state index >= 15 is 0 Å². The summed E-state index contributed by atoms with van der Waals surface area (Å²) in [6, 6.07) is 3.64. The summed E-state index contributed by atoms with van der Waals surface area (Å²) in [4.78, 5) is 0. The van der Waals surface area contributed by atoms with E-state index in [2.05, 4.69) is 0 Å². The minimum Gasteiger partial charge on any atom is -0.490 e. The second-order valence-corrected chi connectivity index (χ2v) is 4.59. The van der Waals surface area contributed by atoms with Gasteiger partial charge in [0.25, 0.3) is 0 Å². The molecule has 0 radical (unpaired) electrons. The summed E-state index contributed by atoms with van der Waals surface area (Å²) in [6.07, 6.45) is 0.734. The molecule has 0 aliphatic carbocycles. The van der Waals surface area contributed by atoms with Crippen molar-refractivity contribution in [2.24, 2.45) is 5.73 Å². The molecule has 0 saturated carbocycles. The van der Waals surface area contributed by atoms with Gasteiger partial charge in [-0.2, -0.15) is 0 Å². The first-order valence-corrected chi connectivity index (χ1v) is 6.96. The van der Waals surface area contributed by atoms with Crippen molar-refractivity contribution in [1.29, 1.82) is 0 Å². The van der Waals surface area contributed by atoms with Crippen molar-refractivity contribution >= 4 is 11.6 Å². The lowest BCUT2D eigenvalue weighted by atomic mass is 10.1. The number of aliphatic hydroxyl groups is 1. The Labute approximate surface area is 119 Å². The lowest BCUT2D eigenvalue weighted by Crippen LogP contribution is -2.20. The van der Waals surface area contributed by atoms with Gasteiger partial charge in [0.05, 0.1) is 19.3 Å². The molecule has 0 aliphatic heterocycles. The van der Waals surface area contributed by atoms with Crippen LogP contribution in [-0.4, -0.2) is 31.0 Å². The van der Waals surface area contributed by atoms with Crippen LogP contribution in [0.4, 0.5) is 0 Å². The fraction of sp³-hybridized carbons (Fsp3) is 0.571. The van der Waals surface area contributed by atoms with Gasteiger partial charge in [-0.25, -0.2) is 0 Å². The molecular weight excluding hydrogens is 266 g/mol. The van der Waals surface area contributed by atoms with Gasteiger partial charge < -0.3 is 20.3 Å². The fourth-order valence-electron chi connectivity index (χ4n) is 1.75. The van der Waals surface area contributed by atoms with Gasteiger partial charge in [-0.1, -0.05) is 11.6 Å². The Morgan fingerprint density at radius 2 is 1.79 bits per heavy atom. The van der Waals surface area contributed by atoms with E-state index in [1.165, 1.54) is 0 Å². The number of nitrogens with two attached hydrogens (primary N) is 1. The zero-order valence-electron chi connectivity index (χ0n) is 11.5. The fourth-order valence-corrected chi connectivity index (χ4v) is 1.99. The zero-order chi connectivity index (χ0) is 14.3. The number of aliphatic hydroxyl groups excluding tert-OH is 1. The van der Waals surface area contributed by atoms with Crippen LogP contribution in [0, 0.1) is 0 Å². The first-order chi connectivity index (χ1) is 9.12. The first kappa shape index (κ1) is 16.1. The normalized spacial score (nSPS) is 12.3. The minimum atomic E-state index is -0.502. The van der Waals surface area contributed by atoms with Crippen molar-refractivity contribution in [3.8, 4) is 11.5 Å². The van der Waals surface area contributed by atoms with Gasteiger partial charge in [0.15, 0.2) is 11.5 Å². The van der Waals surface area contributed by atoms with E-state index in [0.717, 1.165) is 5.56 Å². The number of halogens is 1. The van der Waals surface area contributed by atoms with Crippen molar-refractivity contribution in [2.75, 3.05) is 19.8 Å². The van der Waals surface area contributed by atoms with Crippen LogP contribution in [0.5, 0.6) is 11.5 Å². The van der Waals surface area contributed by atoms with Crippen LogP contribution in [0.3, 0.4) is 0 Å². The molecule has 1 rings (SSSR count). The second kappa shape index (κ2) is 8.25. The summed E-state index contributed by atoms with van der Waals surface area (Å²) >= 11 is 6.22. The molecule has 1 aromatic rings. The van der Waals surface area contributed by atoms with Crippen molar-refractivity contribution in [3.05, 3.63) is 22.7 Å². The number of benzene rings is 1. The summed E-state index contributed by atoms with van der Waals surface area (Å²) in [5.74, 6) is 1.34. The highest BCUT2D eigenvalue weighted by Gasteiger charge is 2.12. The Hall–Kier alpha value is -0.970. The molecule has 0 aromatic heterocycles. The molecule has 1 unspecified atom stereocenters. The number of rotatable bonds is 8.